The van der Waals surface area contributed by atoms with Gasteiger partial charge in [0.2, 0.25) is 0 Å². The number of aliphatic hydroxyl groups excluding tert-OH is 1. The Kier molecular flexibility index (Phi) is 5.42. The van der Waals surface area contributed by atoms with Crippen molar-refractivity contribution in [1.29, 1.82) is 0 Å². The van der Waals surface area contributed by atoms with Crippen molar-refractivity contribution in [3.05, 3.63) is 100 Å². The lowest BCUT2D eigenvalue weighted by Gasteiger charge is -2.25. The Bertz CT molecular complexity index is 1140. The van der Waals surface area contributed by atoms with Crippen LogP contribution in [0.5, 0.6) is 5.75 Å². The molecule has 1 fully saturated rings. The number of nitrogens with zero attached hydrogens (tertiary/aromatic N) is 1. The summed E-state index contributed by atoms with van der Waals surface area (Å²) in [6.45, 7) is 0. The van der Waals surface area contributed by atoms with Crippen LogP contribution in [0.2, 0.25) is 0 Å². The van der Waals surface area contributed by atoms with Gasteiger partial charge in [0.05, 0.1) is 24.3 Å². The van der Waals surface area contributed by atoms with E-state index in [4.69, 9.17) is 4.74 Å². The summed E-state index contributed by atoms with van der Waals surface area (Å²) < 4.78 is 6.21. The van der Waals surface area contributed by atoms with E-state index in [0.29, 0.717) is 22.6 Å². The number of aliphatic hydroxyl groups is 1. The summed E-state index contributed by atoms with van der Waals surface area (Å²) in [5.74, 6) is -1.28. The van der Waals surface area contributed by atoms with Gasteiger partial charge in [0, 0.05) is 10.2 Å². The topological polar surface area (TPSA) is 66.8 Å². The third-order valence-electron chi connectivity index (χ3n) is 5.03. The summed E-state index contributed by atoms with van der Waals surface area (Å²) in [5, 5.41) is 11.2. The first-order valence-electron chi connectivity index (χ1n) is 9.28. The van der Waals surface area contributed by atoms with E-state index in [1.54, 1.807) is 48.5 Å². The summed E-state index contributed by atoms with van der Waals surface area (Å²) in [4.78, 5) is 27.6. The molecule has 1 amide bonds. The minimum absolute atomic E-state index is 0.0238. The number of Topliss-reactive ketones (excluding diaryl/α,β-unsaturated/α-hetero) is 1. The number of amides is 1. The van der Waals surface area contributed by atoms with Crippen LogP contribution in [0.25, 0.3) is 5.76 Å². The van der Waals surface area contributed by atoms with Crippen molar-refractivity contribution < 1.29 is 19.4 Å². The lowest BCUT2D eigenvalue weighted by Crippen LogP contribution is -2.29. The molecule has 4 rings (SSSR count). The number of hydrogen-bond donors (Lipinski definition) is 1. The smallest absolute Gasteiger partial charge is 0.300 e. The third-order valence-corrected chi connectivity index (χ3v) is 5.56. The first-order chi connectivity index (χ1) is 14.5. The van der Waals surface area contributed by atoms with Crippen LogP contribution < -0.4 is 9.64 Å². The molecule has 30 heavy (non-hydrogen) atoms. The number of carbonyl (C=O) groups excluding carboxylic acids is 2. The number of para-hydroxylation sites is 2. The highest BCUT2D eigenvalue weighted by Crippen LogP contribution is 2.43. The molecule has 0 aliphatic carbocycles. The highest BCUT2D eigenvalue weighted by Gasteiger charge is 2.47. The Morgan fingerprint density at radius 3 is 2.23 bits per heavy atom. The maximum absolute atomic E-state index is 13.1. The van der Waals surface area contributed by atoms with Gasteiger partial charge in [0.25, 0.3) is 11.7 Å². The number of methoxy groups -OCH3 is 1. The Hall–Kier alpha value is -3.38. The fourth-order valence-electron chi connectivity index (χ4n) is 3.63. The summed E-state index contributed by atoms with van der Waals surface area (Å²) >= 11 is 3.41. The van der Waals surface area contributed by atoms with E-state index in [1.807, 2.05) is 30.3 Å². The van der Waals surface area contributed by atoms with E-state index >= 15 is 0 Å². The van der Waals surface area contributed by atoms with Gasteiger partial charge in [-0.1, -0.05) is 58.4 Å². The molecule has 3 aromatic carbocycles. The van der Waals surface area contributed by atoms with Gasteiger partial charge in [-0.2, -0.15) is 0 Å². The Balaban J connectivity index is 1.97. The molecule has 1 saturated heterocycles. The zero-order valence-electron chi connectivity index (χ0n) is 16.1. The van der Waals surface area contributed by atoms with Crippen LogP contribution in [0, 0.1) is 0 Å². The predicted octanol–water partition coefficient (Wildman–Crippen LogP) is 5.08. The molecule has 1 atom stereocenters. The van der Waals surface area contributed by atoms with Crippen molar-refractivity contribution in [2.45, 2.75) is 6.04 Å². The molecule has 0 spiro atoms. The molecule has 3 aromatic rings. The average molecular weight is 464 g/mol. The highest BCUT2D eigenvalue weighted by atomic mass is 79.9. The zero-order valence-corrected chi connectivity index (χ0v) is 17.7. The van der Waals surface area contributed by atoms with Crippen LogP contribution in [0.4, 0.5) is 5.69 Å². The first kappa shape index (κ1) is 19.9. The first-order valence-corrected chi connectivity index (χ1v) is 10.1. The average Bonchev–Trinajstić information content (AvgIpc) is 3.05. The van der Waals surface area contributed by atoms with Gasteiger partial charge in [0.1, 0.15) is 11.5 Å². The number of hydrogen-bond acceptors (Lipinski definition) is 4. The second-order valence-corrected chi connectivity index (χ2v) is 7.67. The number of halogens is 1. The number of ether oxygens (including phenoxy) is 1. The van der Waals surface area contributed by atoms with Gasteiger partial charge < -0.3 is 9.84 Å². The van der Waals surface area contributed by atoms with E-state index < -0.39 is 17.7 Å². The molecule has 1 unspecified atom stereocenters. The minimum atomic E-state index is -0.773. The number of benzene rings is 3. The maximum Gasteiger partial charge on any atom is 0.300 e. The standard InChI is InChI=1S/C24H18BrNO4/c1-30-19-10-6-5-9-18(19)22(27)20-21(15-11-13-16(25)14-12-15)26(24(29)23(20)28)17-7-3-2-4-8-17/h2-14,21,27H,1H3/b22-20-. The molecule has 0 saturated carbocycles. The van der Waals surface area contributed by atoms with Gasteiger partial charge in [0.15, 0.2) is 0 Å². The van der Waals surface area contributed by atoms with Crippen molar-refractivity contribution in [3.8, 4) is 5.75 Å². The highest BCUT2D eigenvalue weighted by molar-refractivity contribution is 9.10. The monoisotopic (exact) mass is 463 g/mol. The maximum atomic E-state index is 13.1. The summed E-state index contributed by atoms with van der Waals surface area (Å²) in [6, 6.07) is 22.4. The fourth-order valence-corrected chi connectivity index (χ4v) is 3.90. The Labute approximate surface area is 182 Å². The molecule has 1 aliphatic rings. The van der Waals surface area contributed by atoms with Crippen LogP contribution in [0.1, 0.15) is 17.2 Å². The normalized spacial score (nSPS) is 17.9. The van der Waals surface area contributed by atoms with Crippen LogP contribution in [0.15, 0.2) is 88.9 Å². The molecule has 1 N–H and O–H groups in total. The predicted molar refractivity (Wildman–Crippen MR) is 118 cm³/mol. The molecule has 6 heteroatoms. The molecule has 1 heterocycles. The van der Waals surface area contributed by atoms with Crippen LogP contribution in [-0.2, 0) is 9.59 Å². The van der Waals surface area contributed by atoms with Crippen molar-refractivity contribution in [2.24, 2.45) is 0 Å². The third kappa shape index (κ3) is 3.39. The number of anilines is 1. The van der Waals surface area contributed by atoms with Crippen LogP contribution in [-0.4, -0.2) is 23.9 Å². The van der Waals surface area contributed by atoms with Crippen molar-refractivity contribution in [3.63, 3.8) is 0 Å². The molecule has 0 radical (unpaired) electrons. The lowest BCUT2D eigenvalue weighted by atomic mass is 9.95. The van der Waals surface area contributed by atoms with Gasteiger partial charge in [-0.15, -0.1) is 0 Å². The van der Waals surface area contributed by atoms with E-state index in [1.165, 1.54) is 12.0 Å². The number of carbonyl (C=O) groups is 2. The second kappa shape index (κ2) is 8.16. The van der Waals surface area contributed by atoms with Crippen LogP contribution >= 0.6 is 15.9 Å². The second-order valence-electron chi connectivity index (χ2n) is 6.76. The van der Waals surface area contributed by atoms with E-state index in [-0.39, 0.29) is 11.3 Å². The Morgan fingerprint density at radius 1 is 0.933 bits per heavy atom. The summed E-state index contributed by atoms with van der Waals surface area (Å²) in [7, 11) is 1.49. The quantitative estimate of drug-likeness (QED) is 0.332. The number of rotatable bonds is 4. The van der Waals surface area contributed by atoms with Gasteiger partial charge in [-0.05, 0) is 42.0 Å². The molecule has 0 bridgehead atoms. The van der Waals surface area contributed by atoms with E-state index in [0.717, 1.165) is 4.47 Å². The zero-order chi connectivity index (χ0) is 21.3. The SMILES string of the molecule is COc1ccccc1/C(O)=C1/C(=O)C(=O)N(c2ccccc2)C1c1ccc(Br)cc1. The van der Waals surface area contributed by atoms with E-state index in [2.05, 4.69) is 15.9 Å². The van der Waals surface area contributed by atoms with Crippen molar-refractivity contribution in [1.82, 2.24) is 0 Å². The summed E-state index contributed by atoms with van der Waals surface area (Å²) in [6.07, 6.45) is 0. The van der Waals surface area contributed by atoms with Gasteiger partial charge >= 0.3 is 0 Å². The fraction of sp³-hybridized carbons (Fsp3) is 0.0833. The molecular weight excluding hydrogens is 446 g/mol. The Morgan fingerprint density at radius 2 is 1.57 bits per heavy atom. The van der Waals surface area contributed by atoms with Gasteiger partial charge in [-0.3, -0.25) is 14.5 Å². The largest absolute Gasteiger partial charge is 0.507 e. The van der Waals surface area contributed by atoms with Crippen molar-refractivity contribution in [2.75, 3.05) is 12.0 Å². The number of ketones is 1. The van der Waals surface area contributed by atoms with Crippen molar-refractivity contribution >= 4 is 39.1 Å². The molecule has 5 nitrogen and oxygen atoms in total. The van der Waals surface area contributed by atoms with Gasteiger partial charge in [-0.25, -0.2) is 0 Å². The minimum Gasteiger partial charge on any atom is -0.507 e. The van der Waals surface area contributed by atoms with E-state index in [9.17, 15) is 14.7 Å². The molecule has 0 aromatic heterocycles. The lowest BCUT2D eigenvalue weighted by molar-refractivity contribution is -0.132. The van der Waals surface area contributed by atoms with Crippen LogP contribution in [0.3, 0.4) is 0 Å². The molecule has 1 aliphatic heterocycles. The molecule has 150 valence electrons. The molecular formula is C24H18BrNO4. The summed E-state index contributed by atoms with van der Waals surface area (Å²) in [5.41, 5.74) is 1.66.